The van der Waals surface area contributed by atoms with Gasteiger partial charge in [0, 0.05) is 23.6 Å². The van der Waals surface area contributed by atoms with Gasteiger partial charge in [0.1, 0.15) is 6.61 Å². The zero-order valence-electron chi connectivity index (χ0n) is 11.9. The van der Waals surface area contributed by atoms with Crippen LogP contribution < -0.4 is 5.32 Å². The summed E-state index contributed by atoms with van der Waals surface area (Å²) in [6, 6.07) is 7.74. The number of ether oxygens (including phenoxy) is 1. The Bertz CT molecular complexity index is 586. The first-order valence-electron chi connectivity index (χ1n) is 6.47. The molecule has 1 N–H and O–H groups in total. The summed E-state index contributed by atoms with van der Waals surface area (Å²) < 4.78 is 5.18. The van der Waals surface area contributed by atoms with Gasteiger partial charge in [-0.25, -0.2) is 4.79 Å². The molecule has 104 valence electrons. The van der Waals surface area contributed by atoms with Crippen molar-refractivity contribution in [3.8, 4) is 0 Å². The normalized spacial score (nSPS) is 10.2. The highest BCUT2D eigenvalue weighted by atomic mass is 16.5. The van der Waals surface area contributed by atoms with E-state index in [1.54, 1.807) is 12.4 Å². The lowest BCUT2D eigenvalue weighted by Gasteiger charge is -2.13. The second kappa shape index (κ2) is 6.19. The molecule has 0 unspecified atom stereocenters. The number of aromatic nitrogens is 1. The number of anilines is 1. The first-order valence-corrected chi connectivity index (χ1v) is 6.47. The molecular weight excluding hydrogens is 252 g/mol. The van der Waals surface area contributed by atoms with Gasteiger partial charge >= 0.3 is 6.09 Å². The number of hydrogen-bond donors (Lipinski definition) is 1. The Labute approximate surface area is 118 Å². The summed E-state index contributed by atoms with van der Waals surface area (Å²) in [6.07, 6.45) is 2.90. The molecule has 0 spiro atoms. The minimum atomic E-state index is -0.455. The van der Waals surface area contributed by atoms with Crippen molar-refractivity contribution in [3.63, 3.8) is 0 Å². The van der Waals surface area contributed by atoms with E-state index in [0.29, 0.717) is 0 Å². The molecule has 1 aromatic heterocycles. The summed E-state index contributed by atoms with van der Waals surface area (Å²) in [7, 11) is 0. The largest absolute Gasteiger partial charge is 0.444 e. The van der Waals surface area contributed by atoms with Gasteiger partial charge in [0.2, 0.25) is 0 Å². The first kappa shape index (κ1) is 14.1. The summed E-state index contributed by atoms with van der Waals surface area (Å²) in [4.78, 5) is 15.8. The Balaban J connectivity index is 1.98. The van der Waals surface area contributed by atoms with Gasteiger partial charge in [-0.3, -0.25) is 10.3 Å². The number of carbonyl (C=O) groups is 1. The van der Waals surface area contributed by atoms with Crippen LogP contribution in [0.3, 0.4) is 0 Å². The highest BCUT2D eigenvalue weighted by molar-refractivity contribution is 5.86. The summed E-state index contributed by atoms with van der Waals surface area (Å²) >= 11 is 0. The quantitative estimate of drug-likeness (QED) is 0.924. The molecule has 2 aromatic rings. The lowest BCUT2D eigenvalue weighted by atomic mass is 10.1. The number of benzene rings is 1. The van der Waals surface area contributed by atoms with Crippen LogP contribution in [0.4, 0.5) is 10.5 Å². The highest BCUT2D eigenvalue weighted by Gasteiger charge is 2.09. The van der Waals surface area contributed by atoms with Crippen LogP contribution >= 0.6 is 0 Å². The monoisotopic (exact) mass is 270 g/mol. The minimum Gasteiger partial charge on any atom is -0.444 e. The summed E-state index contributed by atoms with van der Waals surface area (Å²) in [5.74, 6) is 0. The fourth-order valence-corrected chi connectivity index (χ4v) is 2.15. The number of carbonyl (C=O) groups excluding carboxylic acids is 1. The number of amides is 1. The van der Waals surface area contributed by atoms with Crippen LogP contribution in [0.5, 0.6) is 0 Å². The lowest BCUT2D eigenvalue weighted by molar-refractivity contribution is 0.155. The highest BCUT2D eigenvalue weighted by Crippen LogP contribution is 2.22. The number of nitrogens with one attached hydrogen (secondary N) is 1. The molecule has 1 heterocycles. The topological polar surface area (TPSA) is 51.2 Å². The number of pyridine rings is 1. The van der Waals surface area contributed by atoms with Crippen molar-refractivity contribution < 1.29 is 9.53 Å². The predicted molar refractivity (Wildman–Crippen MR) is 78.7 cm³/mol. The molecule has 0 radical (unpaired) electrons. The number of rotatable bonds is 3. The van der Waals surface area contributed by atoms with Gasteiger partial charge in [0.05, 0.1) is 0 Å². The minimum absolute atomic E-state index is 0.212. The molecule has 0 bridgehead atoms. The van der Waals surface area contributed by atoms with Crippen molar-refractivity contribution in [3.05, 3.63) is 58.9 Å². The molecule has 4 heteroatoms. The van der Waals surface area contributed by atoms with Crippen LogP contribution in [0, 0.1) is 20.8 Å². The first-order chi connectivity index (χ1) is 9.56. The van der Waals surface area contributed by atoms with Crippen LogP contribution in [-0.4, -0.2) is 11.1 Å². The fraction of sp³-hybridized carbons (Fsp3) is 0.250. The van der Waals surface area contributed by atoms with Crippen LogP contribution in [0.15, 0.2) is 36.7 Å². The third-order valence-corrected chi connectivity index (χ3v) is 3.00. The maximum absolute atomic E-state index is 11.8. The summed E-state index contributed by atoms with van der Waals surface area (Å²) in [5.41, 5.74) is 4.91. The fourth-order valence-electron chi connectivity index (χ4n) is 2.15. The Hall–Kier alpha value is -2.36. The second-order valence-corrected chi connectivity index (χ2v) is 4.84. The van der Waals surface area contributed by atoms with E-state index in [1.165, 1.54) is 5.56 Å². The van der Waals surface area contributed by atoms with Crippen LogP contribution in [0.25, 0.3) is 0 Å². The average molecular weight is 270 g/mol. The van der Waals surface area contributed by atoms with Crippen molar-refractivity contribution >= 4 is 11.8 Å². The van der Waals surface area contributed by atoms with Gasteiger partial charge in [-0.1, -0.05) is 23.8 Å². The summed E-state index contributed by atoms with van der Waals surface area (Å²) in [5, 5.41) is 2.79. The Kier molecular flexibility index (Phi) is 4.35. The van der Waals surface area contributed by atoms with Gasteiger partial charge < -0.3 is 4.74 Å². The van der Waals surface area contributed by atoms with Crippen molar-refractivity contribution in [2.24, 2.45) is 0 Å². The smallest absolute Gasteiger partial charge is 0.411 e. The number of hydrogen-bond acceptors (Lipinski definition) is 3. The molecule has 0 saturated heterocycles. The predicted octanol–water partition coefficient (Wildman–Crippen LogP) is 3.76. The average Bonchev–Trinajstić information content (AvgIpc) is 2.42. The Morgan fingerprint density at radius 3 is 2.55 bits per heavy atom. The van der Waals surface area contributed by atoms with Crippen LogP contribution in [-0.2, 0) is 11.3 Å². The van der Waals surface area contributed by atoms with Gasteiger partial charge in [-0.15, -0.1) is 0 Å². The molecule has 0 aliphatic rings. The van der Waals surface area contributed by atoms with E-state index >= 15 is 0 Å². The Morgan fingerprint density at radius 2 is 1.95 bits per heavy atom. The van der Waals surface area contributed by atoms with Crippen LogP contribution in [0.2, 0.25) is 0 Å². The number of aryl methyl sites for hydroxylation is 3. The molecule has 20 heavy (non-hydrogen) atoms. The third kappa shape index (κ3) is 3.57. The van der Waals surface area contributed by atoms with E-state index in [-0.39, 0.29) is 6.61 Å². The molecule has 1 amide bonds. The zero-order chi connectivity index (χ0) is 14.5. The molecule has 2 rings (SSSR count). The van der Waals surface area contributed by atoms with E-state index in [0.717, 1.165) is 22.4 Å². The maximum Gasteiger partial charge on any atom is 0.411 e. The van der Waals surface area contributed by atoms with Gasteiger partial charge in [-0.2, -0.15) is 0 Å². The van der Waals surface area contributed by atoms with Gasteiger partial charge in [0.25, 0.3) is 0 Å². The molecule has 0 saturated carbocycles. The van der Waals surface area contributed by atoms with Crippen LogP contribution in [0.1, 0.15) is 22.3 Å². The lowest BCUT2D eigenvalue weighted by Crippen LogP contribution is -2.15. The van der Waals surface area contributed by atoms with Gasteiger partial charge in [0.15, 0.2) is 0 Å². The van der Waals surface area contributed by atoms with Crippen molar-refractivity contribution in [1.29, 1.82) is 0 Å². The van der Waals surface area contributed by atoms with Gasteiger partial charge in [-0.05, 0) is 38.0 Å². The molecular formula is C16H18N2O2. The third-order valence-electron chi connectivity index (χ3n) is 3.00. The second-order valence-electron chi connectivity index (χ2n) is 4.84. The van der Waals surface area contributed by atoms with E-state index in [9.17, 15) is 4.79 Å². The maximum atomic E-state index is 11.8. The van der Waals surface area contributed by atoms with Crippen molar-refractivity contribution in [1.82, 2.24) is 4.98 Å². The summed E-state index contributed by atoms with van der Waals surface area (Å²) in [6.45, 7) is 6.18. The molecule has 0 atom stereocenters. The Morgan fingerprint density at radius 1 is 1.25 bits per heavy atom. The molecule has 0 aliphatic carbocycles. The zero-order valence-corrected chi connectivity index (χ0v) is 11.9. The van der Waals surface area contributed by atoms with E-state index in [2.05, 4.69) is 10.3 Å². The SMILES string of the molecule is Cc1cc(C)c(NC(=O)OCc2cccnc2)c(C)c1. The van der Waals surface area contributed by atoms with Crippen molar-refractivity contribution in [2.45, 2.75) is 27.4 Å². The number of nitrogens with zero attached hydrogens (tertiary/aromatic N) is 1. The molecule has 4 nitrogen and oxygen atoms in total. The van der Waals surface area contributed by atoms with Crippen molar-refractivity contribution in [2.75, 3.05) is 5.32 Å². The molecule has 0 aliphatic heterocycles. The van der Waals surface area contributed by atoms with E-state index in [4.69, 9.17) is 4.74 Å². The molecule has 0 fully saturated rings. The standard InChI is InChI=1S/C16H18N2O2/c1-11-7-12(2)15(13(3)8-11)18-16(19)20-10-14-5-4-6-17-9-14/h4-9H,10H2,1-3H3,(H,18,19). The van der Waals surface area contributed by atoms with E-state index in [1.807, 2.05) is 45.0 Å². The molecule has 1 aromatic carbocycles. The van der Waals surface area contributed by atoms with E-state index < -0.39 is 6.09 Å².